The van der Waals surface area contributed by atoms with Crippen LogP contribution in [0.4, 0.5) is 0 Å². The number of nitrogens with zero attached hydrogens (tertiary/aromatic N) is 1. The number of H-pyrrole nitrogens is 1. The van der Waals surface area contributed by atoms with Gasteiger partial charge in [-0.15, -0.1) is 0 Å². The Morgan fingerprint density at radius 2 is 2.05 bits per heavy atom. The maximum atomic E-state index is 5.86. The molecular formula is C17H19N3. The van der Waals surface area contributed by atoms with E-state index in [1.807, 2.05) is 6.92 Å². The Morgan fingerprint density at radius 3 is 2.80 bits per heavy atom. The average molecular weight is 265 g/mol. The predicted octanol–water partition coefficient (Wildman–Crippen LogP) is 3.43. The topological polar surface area (TPSA) is 54.7 Å². The third-order valence-electron chi connectivity index (χ3n) is 3.40. The molecule has 3 heteroatoms. The minimum absolute atomic E-state index is 0.173. The number of rotatable bonds is 3. The van der Waals surface area contributed by atoms with Crippen molar-refractivity contribution >= 4 is 11.0 Å². The highest BCUT2D eigenvalue weighted by atomic mass is 14.9. The molecule has 0 bridgehead atoms. The van der Waals surface area contributed by atoms with Gasteiger partial charge in [-0.2, -0.15) is 0 Å². The van der Waals surface area contributed by atoms with Crippen LogP contribution < -0.4 is 5.73 Å². The number of benzene rings is 2. The van der Waals surface area contributed by atoms with E-state index in [1.54, 1.807) is 0 Å². The van der Waals surface area contributed by atoms with Crippen molar-refractivity contribution in [2.45, 2.75) is 26.3 Å². The summed E-state index contributed by atoms with van der Waals surface area (Å²) in [5, 5.41) is 0. The van der Waals surface area contributed by atoms with E-state index in [1.165, 1.54) is 11.1 Å². The van der Waals surface area contributed by atoms with Crippen LogP contribution in [0.3, 0.4) is 0 Å². The third-order valence-corrected chi connectivity index (χ3v) is 3.40. The summed E-state index contributed by atoms with van der Waals surface area (Å²) in [5.74, 6) is 0.918. The van der Waals surface area contributed by atoms with Gasteiger partial charge >= 0.3 is 0 Å². The van der Waals surface area contributed by atoms with E-state index < -0.39 is 0 Å². The lowest BCUT2D eigenvalue weighted by Gasteiger charge is -2.04. The molecule has 3 nitrogen and oxygen atoms in total. The normalized spacial score (nSPS) is 12.8. The summed E-state index contributed by atoms with van der Waals surface area (Å²) in [5.41, 5.74) is 11.5. The van der Waals surface area contributed by atoms with E-state index >= 15 is 0 Å². The van der Waals surface area contributed by atoms with Crippen molar-refractivity contribution in [2.24, 2.45) is 5.73 Å². The lowest BCUT2D eigenvalue weighted by Crippen LogP contribution is -2.17. The van der Waals surface area contributed by atoms with Crippen LogP contribution in [0, 0.1) is 6.92 Å². The molecule has 20 heavy (non-hydrogen) atoms. The summed E-state index contributed by atoms with van der Waals surface area (Å²) in [4.78, 5) is 8.06. The maximum absolute atomic E-state index is 5.86. The van der Waals surface area contributed by atoms with Crippen molar-refractivity contribution in [1.29, 1.82) is 0 Å². The number of imidazole rings is 1. The fourth-order valence-corrected chi connectivity index (χ4v) is 2.48. The van der Waals surface area contributed by atoms with E-state index in [0.717, 1.165) is 28.8 Å². The molecule has 0 radical (unpaired) electrons. The van der Waals surface area contributed by atoms with Crippen LogP contribution in [-0.4, -0.2) is 16.0 Å². The lowest BCUT2D eigenvalue weighted by atomic mass is 10.1. The third kappa shape index (κ3) is 2.58. The zero-order valence-electron chi connectivity index (χ0n) is 11.9. The van der Waals surface area contributed by atoms with Crippen molar-refractivity contribution in [3.8, 4) is 11.4 Å². The molecule has 0 saturated carbocycles. The van der Waals surface area contributed by atoms with E-state index in [9.17, 15) is 0 Å². The number of fused-ring (bicyclic) bond motifs is 1. The van der Waals surface area contributed by atoms with Crippen LogP contribution in [0.2, 0.25) is 0 Å². The zero-order valence-corrected chi connectivity index (χ0v) is 11.9. The molecule has 102 valence electrons. The van der Waals surface area contributed by atoms with Crippen molar-refractivity contribution in [3.05, 3.63) is 53.6 Å². The summed E-state index contributed by atoms with van der Waals surface area (Å²) in [6.07, 6.45) is 0.884. The zero-order chi connectivity index (χ0) is 14.1. The van der Waals surface area contributed by atoms with Crippen molar-refractivity contribution in [1.82, 2.24) is 9.97 Å². The standard InChI is InChI=1S/C17H19N3/c1-11-4-3-5-14(8-11)17-19-15-7-6-13(9-12(2)18)10-16(15)20-17/h3-8,10,12H,9,18H2,1-2H3,(H,19,20). The van der Waals surface area contributed by atoms with Crippen LogP contribution in [0.1, 0.15) is 18.1 Å². The van der Waals surface area contributed by atoms with Gasteiger partial charge in [0, 0.05) is 11.6 Å². The van der Waals surface area contributed by atoms with Crippen molar-refractivity contribution < 1.29 is 0 Å². The quantitative estimate of drug-likeness (QED) is 0.762. The fraction of sp³-hybridized carbons (Fsp3) is 0.235. The first-order valence-corrected chi connectivity index (χ1v) is 6.93. The molecule has 0 aliphatic carbocycles. The number of aromatic nitrogens is 2. The van der Waals surface area contributed by atoms with Gasteiger partial charge in [-0.25, -0.2) is 4.98 Å². The van der Waals surface area contributed by atoms with Gasteiger partial charge in [0.25, 0.3) is 0 Å². The molecule has 1 atom stereocenters. The number of hydrogen-bond acceptors (Lipinski definition) is 2. The molecule has 3 rings (SSSR count). The Labute approximate surface area is 118 Å². The Morgan fingerprint density at radius 1 is 1.20 bits per heavy atom. The highest BCUT2D eigenvalue weighted by Gasteiger charge is 2.07. The minimum atomic E-state index is 0.173. The molecule has 0 spiro atoms. The van der Waals surface area contributed by atoms with Gasteiger partial charge in [-0.05, 0) is 44.0 Å². The van der Waals surface area contributed by atoms with E-state index in [2.05, 4.69) is 59.4 Å². The van der Waals surface area contributed by atoms with E-state index in [4.69, 9.17) is 5.73 Å². The summed E-state index contributed by atoms with van der Waals surface area (Å²) in [7, 11) is 0. The van der Waals surface area contributed by atoms with Crippen LogP contribution in [0.15, 0.2) is 42.5 Å². The number of nitrogens with two attached hydrogens (primary N) is 1. The van der Waals surface area contributed by atoms with E-state index in [0.29, 0.717) is 0 Å². The van der Waals surface area contributed by atoms with Crippen molar-refractivity contribution in [2.75, 3.05) is 0 Å². The molecule has 0 aliphatic rings. The predicted molar refractivity (Wildman–Crippen MR) is 83.6 cm³/mol. The molecule has 0 saturated heterocycles. The molecule has 0 amide bonds. The highest BCUT2D eigenvalue weighted by Crippen LogP contribution is 2.22. The van der Waals surface area contributed by atoms with Gasteiger partial charge < -0.3 is 10.7 Å². The van der Waals surface area contributed by atoms with Gasteiger partial charge in [0.1, 0.15) is 5.82 Å². The van der Waals surface area contributed by atoms with Gasteiger partial charge in [0.2, 0.25) is 0 Å². The number of nitrogens with one attached hydrogen (secondary N) is 1. The number of aromatic amines is 1. The second kappa shape index (κ2) is 5.10. The Hall–Kier alpha value is -2.13. The second-order valence-corrected chi connectivity index (χ2v) is 5.49. The van der Waals surface area contributed by atoms with Gasteiger partial charge in [-0.3, -0.25) is 0 Å². The summed E-state index contributed by atoms with van der Waals surface area (Å²) in [6, 6.07) is 14.8. The number of hydrogen-bond donors (Lipinski definition) is 2. The van der Waals surface area contributed by atoms with Gasteiger partial charge in [0.15, 0.2) is 0 Å². The maximum Gasteiger partial charge on any atom is 0.138 e. The van der Waals surface area contributed by atoms with Crippen LogP contribution in [-0.2, 0) is 6.42 Å². The summed E-state index contributed by atoms with van der Waals surface area (Å²) in [6.45, 7) is 4.11. The first-order valence-electron chi connectivity index (χ1n) is 6.93. The average Bonchev–Trinajstić information content (AvgIpc) is 2.81. The first kappa shape index (κ1) is 12.9. The molecule has 1 unspecified atom stereocenters. The molecule has 3 aromatic rings. The molecule has 2 aromatic carbocycles. The van der Waals surface area contributed by atoms with Crippen LogP contribution >= 0.6 is 0 Å². The minimum Gasteiger partial charge on any atom is -0.338 e. The molecule has 0 fully saturated rings. The largest absolute Gasteiger partial charge is 0.338 e. The van der Waals surface area contributed by atoms with E-state index in [-0.39, 0.29) is 6.04 Å². The SMILES string of the molecule is Cc1cccc(-c2nc3ccc(CC(C)N)cc3[nH]2)c1. The Balaban J connectivity index is 2.02. The molecule has 1 aromatic heterocycles. The molecular weight excluding hydrogens is 246 g/mol. The fourth-order valence-electron chi connectivity index (χ4n) is 2.48. The number of aryl methyl sites for hydroxylation is 1. The second-order valence-electron chi connectivity index (χ2n) is 5.49. The Kier molecular flexibility index (Phi) is 3.28. The molecule has 0 aliphatic heterocycles. The van der Waals surface area contributed by atoms with Crippen LogP contribution in [0.5, 0.6) is 0 Å². The summed E-state index contributed by atoms with van der Waals surface area (Å²) < 4.78 is 0. The molecule has 1 heterocycles. The first-order chi connectivity index (χ1) is 9.61. The monoisotopic (exact) mass is 265 g/mol. The Bertz CT molecular complexity index is 741. The van der Waals surface area contributed by atoms with Crippen molar-refractivity contribution in [3.63, 3.8) is 0 Å². The smallest absolute Gasteiger partial charge is 0.138 e. The highest BCUT2D eigenvalue weighted by molar-refractivity contribution is 5.80. The van der Waals surface area contributed by atoms with Gasteiger partial charge in [0.05, 0.1) is 11.0 Å². The van der Waals surface area contributed by atoms with Gasteiger partial charge in [-0.1, -0.05) is 29.8 Å². The van der Waals surface area contributed by atoms with Crippen LogP contribution in [0.25, 0.3) is 22.4 Å². The lowest BCUT2D eigenvalue weighted by molar-refractivity contribution is 0.739. The molecule has 3 N–H and O–H groups in total. The summed E-state index contributed by atoms with van der Waals surface area (Å²) >= 11 is 0.